The minimum atomic E-state index is -4.36. The maximum atomic E-state index is 12.5. The van der Waals surface area contributed by atoms with Gasteiger partial charge in [0.1, 0.15) is 6.61 Å². The highest BCUT2D eigenvalue weighted by atomic mass is 19.4. The van der Waals surface area contributed by atoms with Gasteiger partial charge in [-0.25, -0.2) is 0 Å². The van der Waals surface area contributed by atoms with Crippen LogP contribution in [-0.4, -0.2) is 18.7 Å². The molecule has 0 aliphatic heterocycles. The second-order valence-electron chi connectivity index (χ2n) is 6.15. The number of amides is 1. The van der Waals surface area contributed by atoms with Gasteiger partial charge in [-0.15, -0.1) is 0 Å². The van der Waals surface area contributed by atoms with Crippen molar-refractivity contribution < 1.29 is 22.7 Å². The quantitative estimate of drug-likeness (QED) is 0.753. The molecule has 2 rings (SSSR count). The largest absolute Gasteiger partial charge is 0.411 e. The predicted molar refractivity (Wildman–Crippen MR) is 93.8 cm³/mol. The Morgan fingerprint density at radius 3 is 2.46 bits per heavy atom. The number of carbonyl (C=O) groups excluding carboxylic acids is 1. The van der Waals surface area contributed by atoms with E-state index < -0.39 is 12.8 Å². The van der Waals surface area contributed by atoms with E-state index in [9.17, 15) is 18.0 Å². The van der Waals surface area contributed by atoms with Crippen LogP contribution in [0.15, 0.2) is 48.5 Å². The summed E-state index contributed by atoms with van der Waals surface area (Å²) in [4.78, 5) is 12.5. The summed E-state index contributed by atoms with van der Waals surface area (Å²) in [5.41, 5.74) is 3.06. The minimum absolute atomic E-state index is 0.131. The second-order valence-corrected chi connectivity index (χ2v) is 6.15. The van der Waals surface area contributed by atoms with Gasteiger partial charge < -0.3 is 10.1 Å². The number of alkyl halides is 3. The van der Waals surface area contributed by atoms with Crippen LogP contribution < -0.4 is 5.32 Å². The van der Waals surface area contributed by atoms with Crippen LogP contribution in [0, 0.1) is 6.92 Å². The lowest BCUT2D eigenvalue weighted by atomic mass is 10.0. The van der Waals surface area contributed by atoms with E-state index in [0.717, 1.165) is 17.5 Å². The predicted octanol–water partition coefficient (Wildman–Crippen LogP) is 4.96. The van der Waals surface area contributed by atoms with Crippen molar-refractivity contribution >= 4 is 5.91 Å². The van der Waals surface area contributed by atoms with Gasteiger partial charge in [-0.05, 0) is 36.6 Å². The molecule has 0 aliphatic carbocycles. The van der Waals surface area contributed by atoms with Crippen molar-refractivity contribution in [2.75, 3.05) is 6.61 Å². The molecule has 0 saturated heterocycles. The molecule has 140 valence electrons. The van der Waals surface area contributed by atoms with Crippen LogP contribution in [0.5, 0.6) is 0 Å². The molecule has 0 spiro atoms. The van der Waals surface area contributed by atoms with E-state index in [4.69, 9.17) is 0 Å². The van der Waals surface area contributed by atoms with E-state index in [1.54, 1.807) is 24.3 Å². The van der Waals surface area contributed by atoms with Crippen LogP contribution in [0.3, 0.4) is 0 Å². The van der Waals surface area contributed by atoms with Gasteiger partial charge in [-0.2, -0.15) is 13.2 Å². The van der Waals surface area contributed by atoms with Gasteiger partial charge in [0.25, 0.3) is 5.91 Å². The van der Waals surface area contributed by atoms with Crippen molar-refractivity contribution in [2.45, 2.75) is 39.1 Å². The van der Waals surface area contributed by atoms with Gasteiger partial charge in [0.2, 0.25) is 0 Å². The minimum Gasteiger partial charge on any atom is -0.367 e. The summed E-state index contributed by atoms with van der Waals surface area (Å²) >= 11 is 0. The fraction of sp³-hybridized carbons (Fsp3) is 0.350. The average Bonchev–Trinajstić information content (AvgIpc) is 2.59. The van der Waals surface area contributed by atoms with Crippen LogP contribution in [0.1, 0.15) is 46.4 Å². The Hall–Kier alpha value is -2.34. The summed E-state index contributed by atoms with van der Waals surface area (Å²) in [6, 6.07) is 14.2. The summed E-state index contributed by atoms with van der Waals surface area (Å²) in [5, 5.41) is 2.97. The molecular weight excluding hydrogens is 343 g/mol. The van der Waals surface area contributed by atoms with E-state index in [1.165, 1.54) is 0 Å². The molecule has 0 saturated carbocycles. The van der Waals surface area contributed by atoms with Gasteiger partial charge in [-0.1, -0.05) is 48.9 Å². The number of ether oxygens (including phenoxy) is 1. The molecule has 3 nitrogen and oxygen atoms in total. The molecule has 26 heavy (non-hydrogen) atoms. The first-order valence-electron chi connectivity index (χ1n) is 8.39. The number of carbonyl (C=O) groups is 1. The highest BCUT2D eigenvalue weighted by Crippen LogP contribution is 2.19. The molecule has 1 atom stereocenters. The Balaban J connectivity index is 2.02. The zero-order valence-corrected chi connectivity index (χ0v) is 14.8. The third-order valence-electron chi connectivity index (χ3n) is 3.92. The van der Waals surface area contributed by atoms with Crippen LogP contribution in [0.2, 0.25) is 0 Å². The van der Waals surface area contributed by atoms with Crippen molar-refractivity contribution in [1.29, 1.82) is 0 Å². The van der Waals surface area contributed by atoms with Crippen LogP contribution in [0.25, 0.3) is 0 Å². The smallest absolute Gasteiger partial charge is 0.367 e. The molecule has 1 unspecified atom stereocenters. The van der Waals surface area contributed by atoms with Crippen molar-refractivity contribution in [1.82, 2.24) is 5.32 Å². The Morgan fingerprint density at radius 1 is 1.15 bits per heavy atom. The standard InChI is InChI=1S/C20H22F3NO2/c1-3-18(16-9-7-14(2)8-10-16)24-19(25)17-6-4-5-15(11-17)12-26-13-20(21,22)23/h4-11,18H,3,12-13H2,1-2H3,(H,24,25). The molecule has 2 aromatic carbocycles. The summed E-state index contributed by atoms with van der Waals surface area (Å²) in [7, 11) is 0. The lowest BCUT2D eigenvalue weighted by Gasteiger charge is -2.18. The van der Waals surface area contributed by atoms with Crippen molar-refractivity contribution in [3.05, 3.63) is 70.8 Å². The van der Waals surface area contributed by atoms with Crippen molar-refractivity contribution in [2.24, 2.45) is 0 Å². The number of aryl methyl sites for hydroxylation is 1. The van der Waals surface area contributed by atoms with E-state index >= 15 is 0 Å². The van der Waals surface area contributed by atoms with Crippen molar-refractivity contribution in [3.63, 3.8) is 0 Å². The molecule has 1 amide bonds. The maximum Gasteiger partial charge on any atom is 0.411 e. The summed E-state index contributed by atoms with van der Waals surface area (Å²) in [6.45, 7) is 2.46. The monoisotopic (exact) mass is 365 g/mol. The summed E-state index contributed by atoms with van der Waals surface area (Å²) in [6.07, 6.45) is -3.64. The number of benzene rings is 2. The number of hydrogen-bond acceptors (Lipinski definition) is 2. The Morgan fingerprint density at radius 2 is 1.85 bits per heavy atom. The van der Waals surface area contributed by atoms with E-state index in [1.807, 2.05) is 38.1 Å². The maximum absolute atomic E-state index is 12.5. The fourth-order valence-electron chi connectivity index (χ4n) is 2.55. The first-order valence-corrected chi connectivity index (χ1v) is 8.39. The molecule has 0 fully saturated rings. The van der Waals surface area contributed by atoms with E-state index in [-0.39, 0.29) is 18.6 Å². The molecule has 0 aromatic heterocycles. The second kappa shape index (κ2) is 8.85. The number of nitrogens with one attached hydrogen (secondary N) is 1. The summed E-state index contributed by atoms with van der Waals surface area (Å²) in [5.74, 6) is -0.268. The van der Waals surface area contributed by atoms with Crippen molar-refractivity contribution in [3.8, 4) is 0 Å². The first-order chi connectivity index (χ1) is 12.3. The zero-order chi connectivity index (χ0) is 19.2. The molecule has 6 heteroatoms. The molecule has 0 aliphatic rings. The third kappa shape index (κ3) is 6.19. The Bertz CT molecular complexity index is 727. The molecule has 0 bridgehead atoms. The van der Waals surface area contributed by atoms with Gasteiger partial charge in [-0.3, -0.25) is 4.79 Å². The highest BCUT2D eigenvalue weighted by Gasteiger charge is 2.27. The number of rotatable bonds is 7. The summed E-state index contributed by atoms with van der Waals surface area (Å²) < 4.78 is 41.1. The number of hydrogen-bond donors (Lipinski definition) is 1. The lowest BCUT2D eigenvalue weighted by molar-refractivity contribution is -0.176. The lowest BCUT2D eigenvalue weighted by Crippen LogP contribution is -2.28. The average molecular weight is 365 g/mol. The van der Waals surface area contributed by atoms with Gasteiger partial charge in [0.05, 0.1) is 12.6 Å². The Kier molecular flexibility index (Phi) is 6.80. The normalized spacial score (nSPS) is 12.7. The molecule has 2 aromatic rings. The molecular formula is C20H22F3NO2. The fourth-order valence-corrected chi connectivity index (χ4v) is 2.55. The van der Waals surface area contributed by atoms with Gasteiger partial charge in [0, 0.05) is 5.56 Å². The van der Waals surface area contributed by atoms with Crippen LogP contribution in [0.4, 0.5) is 13.2 Å². The molecule has 0 heterocycles. The highest BCUT2D eigenvalue weighted by molar-refractivity contribution is 5.94. The van der Waals surface area contributed by atoms with Crippen LogP contribution in [-0.2, 0) is 11.3 Å². The molecule has 1 N–H and O–H groups in total. The molecule has 0 radical (unpaired) electrons. The van der Waals surface area contributed by atoms with E-state index in [0.29, 0.717) is 11.1 Å². The van der Waals surface area contributed by atoms with Crippen LogP contribution >= 0.6 is 0 Å². The topological polar surface area (TPSA) is 38.3 Å². The first kappa shape index (κ1) is 20.0. The Labute approximate surface area is 151 Å². The zero-order valence-electron chi connectivity index (χ0n) is 14.8. The SMILES string of the molecule is CCC(NC(=O)c1cccc(COCC(F)(F)F)c1)c1ccc(C)cc1. The van der Waals surface area contributed by atoms with E-state index in [2.05, 4.69) is 10.1 Å². The number of halogens is 3. The van der Waals surface area contributed by atoms with Gasteiger partial charge >= 0.3 is 6.18 Å². The third-order valence-corrected chi connectivity index (χ3v) is 3.92. The van der Waals surface area contributed by atoms with Gasteiger partial charge in [0.15, 0.2) is 0 Å².